The van der Waals surface area contributed by atoms with Gasteiger partial charge in [-0.2, -0.15) is 0 Å². The maximum absolute atomic E-state index is 12.6. The molecule has 0 unspecified atom stereocenters. The number of carbonyl (C=O) groups is 2. The highest BCUT2D eigenvalue weighted by Gasteiger charge is 2.18. The van der Waals surface area contributed by atoms with E-state index in [0.717, 1.165) is 0 Å². The summed E-state index contributed by atoms with van der Waals surface area (Å²) >= 11 is 5.96. The van der Waals surface area contributed by atoms with Crippen LogP contribution in [0.15, 0.2) is 36.4 Å². The molecule has 2 aromatic carbocycles. The number of hydrogen-bond acceptors (Lipinski definition) is 5. The third kappa shape index (κ3) is 5.27. The second kappa shape index (κ2) is 9.14. The van der Waals surface area contributed by atoms with E-state index in [2.05, 4.69) is 5.32 Å². The highest BCUT2D eigenvalue weighted by molar-refractivity contribution is 6.31. The standard InChI is InChI=1S/C19H21ClN2O5/c1-22(19(24)12-7-14(25-2)10-15(8-12)26-3)11-18(23)21-16-9-13(20)5-6-17(16)27-4/h5-10H,11H2,1-4H3,(H,21,23). The Hall–Kier alpha value is -2.93. The van der Waals surface area contributed by atoms with Crippen LogP contribution in [-0.4, -0.2) is 51.6 Å². The Morgan fingerprint density at radius 3 is 2.19 bits per heavy atom. The average molecular weight is 393 g/mol. The Morgan fingerprint density at radius 2 is 1.63 bits per heavy atom. The van der Waals surface area contributed by atoms with Gasteiger partial charge >= 0.3 is 0 Å². The molecule has 0 heterocycles. The van der Waals surface area contributed by atoms with Crippen LogP contribution in [-0.2, 0) is 4.79 Å². The zero-order valence-corrected chi connectivity index (χ0v) is 16.3. The Kier molecular flexibility index (Phi) is 6.90. The number of methoxy groups -OCH3 is 3. The number of benzene rings is 2. The zero-order valence-electron chi connectivity index (χ0n) is 15.5. The highest BCUT2D eigenvalue weighted by Crippen LogP contribution is 2.27. The summed E-state index contributed by atoms with van der Waals surface area (Å²) in [7, 11) is 6.02. The van der Waals surface area contributed by atoms with E-state index in [9.17, 15) is 9.59 Å². The van der Waals surface area contributed by atoms with E-state index < -0.39 is 0 Å². The van der Waals surface area contributed by atoms with E-state index in [4.69, 9.17) is 25.8 Å². The van der Waals surface area contributed by atoms with Crippen molar-refractivity contribution in [3.05, 3.63) is 47.0 Å². The number of ether oxygens (including phenoxy) is 3. The van der Waals surface area contributed by atoms with Crippen LogP contribution in [0.2, 0.25) is 5.02 Å². The van der Waals surface area contributed by atoms with Crippen molar-refractivity contribution in [3.8, 4) is 17.2 Å². The lowest BCUT2D eigenvalue weighted by Gasteiger charge is -2.18. The first-order valence-electron chi connectivity index (χ1n) is 8.00. The first-order valence-corrected chi connectivity index (χ1v) is 8.37. The van der Waals surface area contributed by atoms with Crippen molar-refractivity contribution in [2.75, 3.05) is 40.2 Å². The monoisotopic (exact) mass is 392 g/mol. The number of amides is 2. The van der Waals surface area contributed by atoms with Gasteiger partial charge in [-0.25, -0.2) is 0 Å². The summed E-state index contributed by atoms with van der Waals surface area (Å²) in [5.74, 6) is 0.708. The summed E-state index contributed by atoms with van der Waals surface area (Å²) in [6, 6.07) is 9.71. The molecule has 2 rings (SSSR count). The van der Waals surface area contributed by atoms with Crippen LogP contribution in [0.5, 0.6) is 17.2 Å². The summed E-state index contributed by atoms with van der Waals surface area (Å²) in [4.78, 5) is 26.3. The van der Waals surface area contributed by atoms with Crippen molar-refractivity contribution in [1.29, 1.82) is 0 Å². The van der Waals surface area contributed by atoms with Crippen molar-refractivity contribution in [3.63, 3.8) is 0 Å². The van der Waals surface area contributed by atoms with Gasteiger partial charge in [0.2, 0.25) is 5.91 Å². The lowest BCUT2D eigenvalue weighted by molar-refractivity contribution is -0.116. The zero-order chi connectivity index (χ0) is 20.0. The Labute approximate surface area is 162 Å². The quantitative estimate of drug-likeness (QED) is 0.783. The van der Waals surface area contributed by atoms with Gasteiger partial charge in [-0.1, -0.05) is 11.6 Å². The number of halogens is 1. The third-order valence-corrected chi connectivity index (χ3v) is 4.00. The van der Waals surface area contributed by atoms with Crippen LogP contribution >= 0.6 is 11.6 Å². The molecule has 0 saturated heterocycles. The predicted molar refractivity (Wildman–Crippen MR) is 103 cm³/mol. The molecule has 0 saturated carbocycles. The molecule has 0 aliphatic carbocycles. The Morgan fingerprint density at radius 1 is 1.00 bits per heavy atom. The molecule has 0 fully saturated rings. The minimum atomic E-state index is -0.388. The van der Waals surface area contributed by atoms with Gasteiger partial charge < -0.3 is 24.4 Å². The van der Waals surface area contributed by atoms with Crippen molar-refractivity contribution >= 4 is 29.1 Å². The Bertz CT molecular complexity index is 819. The van der Waals surface area contributed by atoms with E-state index in [0.29, 0.717) is 33.5 Å². The minimum absolute atomic E-state index is 0.159. The summed E-state index contributed by atoms with van der Waals surface area (Å²) < 4.78 is 15.5. The Balaban J connectivity index is 2.10. The summed E-state index contributed by atoms with van der Waals surface area (Å²) in [5, 5.41) is 3.15. The summed E-state index contributed by atoms with van der Waals surface area (Å²) in [6.07, 6.45) is 0. The SMILES string of the molecule is COc1cc(OC)cc(C(=O)N(C)CC(=O)Nc2cc(Cl)ccc2OC)c1. The van der Waals surface area contributed by atoms with Crippen LogP contribution in [0.4, 0.5) is 5.69 Å². The number of anilines is 1. The molecule has 0 aliphatic rings. The smallest absolute Gasteiger partial charge is 0.254 e. The first-order chi connectivity index (χ1) is 12.9. The lowest BCUT2D eigenvalue weighted by atomic mass is 10.1. The molecule has 0 atom stereocenters. The van der Waals surface area contributed by atoms with Gasteiger partial charge in [-0.15, -0.1) is 0 Å². The molecule has 0 aliphatic heterocycles. The fourth-order valence-electron chi connectivity index (χ4n) is 2.41. The molecule has 8 heteroatoms. The van der Waals surface area contributed by atoms with Crippen LogP contribution in [0.3, 0.4) is 0 Å². The van der Waals surface area contributed by atoms with Gasteiger partial charge in [0.25, 0.3) is 5.91 Å². The van der Waals surface area contributed by atoms with E-state index >= 15 is 0 Å². The number of likely N-dealkylation sites (N-methyl/N-ethyl adjacent to an activating group) is 1. The molecule has 0 spiro atoms. The number of nitrogens with zero attached hydrogens (tertiary/aromatic N) is 1. The average Bonchev–Trinajstić information content (AvgIpc) is 2.66. The predicted octanol–water partition coefficient (Wildman–Crippen LogP) is 3.08. The lowest BCUT2D eigenvalue weighted by Crippen LogP contribution is -2.35. The molecular weight excluding hydrogens is 372 g/mol. The molecule has 2 aromatic rings. The van der Waals surface area contributed by atoms with Crippen molar-refractivity contribution in [2.45, 2.75) is 0 Å². The first kappa shape index (κ1) is 20.4. The molecule has 0 aromatic heterocycles. The maximum Gasteiger partial charge on any atom is 0.254 e. The molecule has 27 heavy (non-hydrogen) atoms. The number of rotatable bonds is 7. The van der Waals surface area contributed by atoms with Gasteiger partial charge in [-0.3, -0.25) is 9.59 Å². The van der Waals surface area contributed by atoms with Gasteiger partial charge in [-0.05, 0) is 30.3 Å². The molecule has 0 radical (unpaired) electrons. The fraction of sp³-hybridized carbons (Fsp3) is 0.263. The molecule has 2 amide bonds. The van der Waals surface area contributed by atoms with E-state index in [1.807, 2.05) is 0 Å². The van der Waals surface area contributed by atoms with Crippen LogP contribution in [0, 0.1) is 0 Å². The molecule has 1 N–H and O–H groups in total. The highest BCUT2D eigenvalue weighted by atomic mass is 35.5. The minimum Gasteiger partial charge on any atom is -0.497 e. The van der Waals surface area contributed by atoms with Crippen LogP contribution in [0.25, 0.3) is 0 Å². The summed E-state index contributed by atoms with van der Waals surface area (Å²) in [6.45, 7) is -0.159. The second-order valence-electron chi connectivity index (χ2n) is 5.66. The topological polar surface area (TPSA) is 77.1 Å². The molecule has 7 nitrogen and oxygen atoms in total. The van der Waals surface area contributed by atoms with Gasteiger partial charge in [0.15, 0.2) is 0 Å². The number of hydrogen-bond donors (Lipinski definition) is 1. The van der Waals surface area contributed by atoms with E-state index in [1.165, 1.54) is 33.3 Å². The normalized spacial score (nSPS) is 10.1. The molecular formula is C19H21ClN2O5. The van der Waals surface area contributed by atoms with Crippen molar-refractivity contribution < 1.29 is 23.8 Å². The van der Waals surface area contributed by atoms with Crippen LogP contribution in [0.1, 0.15) is 10.4 Å². The largest absolute Gasteiger partial charge is 0.497 e. The maximum atomic E-state index is 12.6. The van der Waals surface area contributed by atoms with Crippen molar-refractivity contribution in [1.82, 2.24) is 4.90 Å². The molecule has 144 valence electrons. The fourth-order valence-corrected chi connectivity index (χ4v) is 2.58. The van der Waals surface area contributed by atoms with E-state index in [1.54, 1.807) is 36.4 Å². The third-order valence-electron chi connectivity index (χ3n) is 3.76. The van der Waals surface area contributed by atoms with Crippen molar-refractivity contribution in [2.24, 2.45) is 0 Å². The van der Waals surface area contributed by atoms with E-state index in [-0.39, 0.29) is 18.4 Å². The molecule has 0 bridgehead atoms. The van der Waals surface area contributed by atoms with Gasteiger partial charge in [0.1, 0.15) is 17.2 Å². The van der Waals surface area contributed by atoms with Gasteiger partial charge in [0, 0.05) is 23.7 Å². The summed E-state index contributed by atoms with van der Waals surface area (Å²) in [5.41, 5.74) is 0.778. The number of carbonyl (C=O) groups excluding carboxylic acids is 2. The second-order valence-corrected chi connectivity index (χ2v) is 6.09. The van der Waals surface area contributed by atoms with Gasteiger partial charge in [0.05, 0.1) is 33.6 Å². The van der Waals surface area contributed by atoms with Crippen LogP contribution < -0.4 is 19.5 Å². The number of nitrogens with one attached hydrogen (secondary N) is 1.